The Morgan fingerprint density at radius 3 is 1.50 bits per heavy atom. The van der Waals surface area contributed by atoms with Crippen LogP contribution in [0.1, 0.15) is 0 Å². The minimum atomic E-state index is 0.585. The highest BCUT2D eigenvalue weighted by Gasteiger charge is 2.23. The van der Waals surface area contributed by atoms with E-state index in [1.807, 2.05) is 36.4 Å². The van der Waals surface area contributed by atoms with Crippen LogP contribution in [0, 0.1) is 0 Å². The SMILES string of the molecule is c1ccc(-c2nc(-c3ccccc3)nc(-n3c4ccccc4c4cc5c(cc43)c3ccccc3c3c4ccccc4n(-c4ccccc4)c53)n2)cc1. The van der Waals surface area contributed by atoms with Gasteiger partial charge in [-0.2, -0.15) is 9.97 Å². The van der Waals surface area contributed by atoms with Gasteiger partial charge < -0.3 is 4.57 Å². The van der Waals surface area contributed by atoms with Gasteiger partial charge in [-0.3, -0.25) is 4.57 Å². The largest absolute Gasteiger partial charge is 0.309 e. The second-order valence-electron chi connectivity index (χ2n) is 13.2. The van der Waals surface area contributed by atoms with Crippen LogP contribution in [0.2, 0.25) is 0 Å². The molecule has 0 atom stereocenters. The van der Waals surface area contributed by atoms with Gasteiger partial charge in [0.2, 0.25) is 5.95 Å². The third-order valence-electron chi connectivity index (χ3n) is 10.3. The van der Waals surface area contributed by atoms with Crippen molar-refractivity contribution in [3.05, 3.63) is 176 Å². The second-order valence-corrected chi connectivity index (χ2v) is 13.2. The van der Waals surface area contributed by atoms with Crippen molar-refractivity contribution in [1.82, 2.24) is 24.1 Å². The molecule has 0 radical (unpaired) electrons. The fraction of sp³-hybridized carbons (Fsp3) is 0. The predicted molar refractivity (Wildman–Crippen MR) is 214 cm³/mol. The number of hydrogen-bond donors (Lipinski definition) is 0. The average molecular weight is 664 g/mol. The monoisotopic (exact) mass is 663 g/mol. The van der Waals surface area contributed by atoms with Crippen LogP contribution in [-0.2, 0) is 0 Å². The molecule has 0 unspecified atom stereocenters. The number of para-hydroxylation sites is 3. The van der Waals surface area contributed by atoms with E-state index in [-0.39, 0.29) is 0 Å². The predicted octanol–water partition coefficient (Wildman–Crippen LogP) is 11.7. The smallest absolute Gasteiger partial charge is 0.238 e. The number of fused-ring (bicyclic) bond motifs is 11. The summed E-state index contributed by atoms with van der Waals surface area (Å²) in [6.45, 7) is 0. The van der Waals surface area contributed by atoms with E-state index in [0.717, 1.165) is 38.6 Å². The van der Waals surface area contributed by atoms with Crippen LogP contribution < -0.4 is 0 Å². The summed E-state index contributed by atoms with van der Waals surface area (Å²) in [4.78, 5) is 15.4. The first kappa shape index (κ1) is 28.7. The quantitative estimate of drug-likeness (QED) is 0.176. The van der Waals surface area contributed by atoms with Crippen molar-refractivity contribution in [2.45, 2.75) is 0 Å². The lowest BCUT2D eigenvalue weighted by Crippen LogP contribution is -2.06. The molecular formula is C47H29N5. The lowest BCUT2D eigenvalue weighted by molar-refractivity contribution is 0.954. The second kappa shape index (κ2) is 11.2. The van der Waals surface area contributed by atoms with E-state index < -0.39 is 0 Å². The van der Waals surface area contributed by atoms with Crippen molar-refractivity contribution in [2.24, 2.45) is 0 Å². The van der Waals surface area contributed by atoms with Crippen LogP contribution in [-0.4, -0.2) is 24.1 Å². The molecule has 5 heteroatoms. The number of hydrogen-bond acceptors (Lipinski definition) is 3. The normalized spacial score (nSPS) is 11.8. The van der Waals surface area contributed by atoms with Crippen molar-refractivity contribution in [3.63, 3.8) is 0 Å². The van der Waals surface area contributed by atoms with Gasteiger partial charge in [0.1, 0.15) is 0 Å². The number of rotatable bonds is 4. The minimum Gasteiger partial charge on any atom is -0.309 e. The zero-order valence-electron chi connectivity index (χ0n) is 28.0. The zero-order chi connectivity index (χ0) is 34.2. The molecule has 0 aliphatic rings. The van der Waals surface area contributed by atoms with Crippen LogP contribution in [0.25, 0.3) is 99.6 Å². The summed E-state index contributed by atoms with van der Waals surface area (Å²) in [6, 6.07) is 62.0. The van der Waals surface area contributed by atoms with Gasteiger partial charge in [-0.1, -0.05) is 140 Å². The van der Waals surface area contributed by atoms with E-state index in [0.29, 0.717) is 17.6 Å². The van der Waals surface area contributed by atoms with Crippen molar-refractivity contribution in [2.75, 3.05) is 0 Å². The summed E-state index contributed by atoms with van der Waals surface area (Å²) in [7, 11) is 0. The Bertz CT molecular complexity index is 3100. The number of aromatic nitrogens is 5. The third kappa shape index (κ3) is 4.20. The van der Waals surface area contributed by atoms with Gasteiger partial charge in [0.15, 0.2) is 11.6 Å². The molecule has 52 heavy (non-hydrogen) atoms. The molecule has 242 valence electrons. The fourth-order valence-electron chi connectivity index (χ4n) is 8.10. The first-order valence-electron chi connectivity index (χ1n) is 17.6. The van der Waals surface area contributed by atoms with Crippen molar-refractivity contribution in [3.8, 4) is 34.4 Å². The van der Waals surface area contributed by atoms with E-state index in [1.165, 1.54) is 43.4 Å². The summed E-state index contributed by atoms with van der Waals surface area (Å²) in [6.07, 6.45) is 0. The Labute approximate surface area is 298 Å². The summed E-state index contributed by atoms with van der Waals surface area (Å²) in [5.74, 6) is 1.86. The Kier molecular flexibility index (Phi) is 6.18. The van der Waals surface area contributed by atoms with E-state index in [4.69, 9.17) is 15.0 Å². The average Bonchev–Trinajstić information content (AvgIpc) is 3.74. The number of benzene rings is 8. The highest BCUT2D eigenvalue weighted by Crippen LogP contribution is 2.45. The zero-order valence-corrected chi connectivity index (χ0v) is 28.0. The molecule has 0 amide bonds. The van der Waals surface area contributed by atoms with Crippen molar-refractivity contribution in [1.29, 1.82) is 0 Å². The van der Waals surface area contributed by atoms with Gasteiger partial charge in [0.25, 0.3) is 0 Å². The fourth-order valence-corrected chi connectivity index (χ4v) is 8.10. The third-order valence-corrected chi connectivity index (χ3v) is 10.3. The van der Waals surface area contributed by atoms with E-state index >= 15 is 0 Å². The maximum Gasteiger partial charge on any atom is 0.238 e. The van der Waals surface area contributed by atoms with Crippen LogP contribution in [0.4, 0.5) is 0 Å². The van der Waals surface area contributed by atoms with Crippen LogP contribution in [0.3, 0.4) is 0 Å². The molecule has 5 nitrogen and oxygen atoms in total. The molecule has 0 saturated carbocycles. The lowest BCUT2D eigenvalue weighted by atomic mass is 9.95. The Morgan fingerprint density at radius 1 is 0.327 bits per heavy atom. The highest BCUT2D eigenvalue weighted by molar-refractivity contribution is 6.34. The summed E-state index contributed by atoms with van der Waals surface area (Å²) >= 11 is 0. The standard InChI is InChI=1S/C47H29N5/c1-4-16-30(17-5-1)45-48-46(31-18-6-2-7-19-31)50-47(49-45)52-40-26-14-12-23-34(40)38-28-39-37(29-42(38)52)33-22-10-11-24-35(33)43-36-25-13-15-27-41(36)51(44(39)43)32-20-8-3-9-21-32/h1-29H. The molecule has 0 bridgehead atoms. The van der Waals surface area contributed by atoms with Crippen molar-refractivity contribution >= 4 is 65.2 Å². The molecule has 0 N–H and O–H groups in total. The molecule has 8 aromatic carbocycles. The Morgan fingerprint density at radius 2 is 0.846 bits per heavy atom. The molecular weight excluding hydrogens is 635 g/mol. The van der Waals surface area contributed by atoms with Gasteiger partial charge in [-0.15, -0.1) is 0 Å². The maximum absolute atomic E-state index is 5.18. The summed E-state index contributed by atoms with van der Waals surface area (Å²) in [5.41, 5.74) is 7.51. The van der Waals surface area contributed by atoms with E-state index in [2.05, 4.69) is 149 Å². The highest BCUT2D eigenvalue weighted by atomic mass is 15.2. The maximum atomic E-state index is 5.18. The molecule has 11 rings (SSSR count). The minimum absolute atomic E-state index is 0.585. The molecule has 3 aromatic heterocycles. The van der Waals surface area contributed by atoms with E-state index in [9.17, 15) is 0 Å². The first-order valence-corrected chi connectivity index (χ1v) is 17.6. The lowest BCUT2D eigenvalue weighted by Gasteiger charge is -2.14. The molecule has 11 aromatic rings. The molecule has 0 saturated heterocycles. The van der Waals surface area contributed by atoms with Crippen LogP contribution >= 0.6 is 0 Å². The Hall–Kier alpha value is -7.11. The van der Waals surface area contributed by atoms with Crippen LogP contribution in [0.15, 0.2) is 176 Å². The van der Waals surface area contributed by atoms with Crippen LogP contribution in [0.5, 0.6) is 0 Å². The summed E-state index contributed by atoms with van der Waals surface area (Å²) in [5, 5.41) is 9.63. The van der Waals surface area contributed by atoms with Gasteiger partial charge >= 0.3 is 0 Å². The molecule has 3 heterocycles. The van der Waals surface area contributed by atoms with E-state index in [1.54, 1.807) is 0 Å². The molecule has 0 aliphatic heterocycles. The molecule has 0 fully saturated rings. The van der Waals surface area contributed by atoms with Gasteiger partial charge in [0.05, 0.1) is 22.1 Å². The van der Waals surface area contributed by atoms with Gasteiger partial charge in [-0.25, -0.2) is 4.98 Å². The molecule has 0 aliphatic carbocycles. The molecule has 0 spiro atoms. The Balaban J connectivity index is 1.31. The number of nitrogens with zero attached hydrogens (tertiary/aromatic N) is 5. The van der Waals surface area contributed by atoms with Crippen molar-refractivity contribution < 1.29 is 0 Å². The van der Waals surface area contributed by atoms with Gasteiger partial charge in [0, 0.05) is 43.7 Å². The first-order chi connectivity index (χ1) is 25.8. The van der Waals surface area contributed by atoms with Gasteiger partial charge in [-0.05, 0) is 52.6 Å². The summed E-state index contributed by atoms with van der Waals surface area (Å²) < 4.78 is 4.66. The topological polar surface area (TPSA) is 48.5 Å².